The van der Waals surface area contributed by atoms with E-state index in [0.717, 1.165) is 23.3 Å². The largest absolute Gasteiger partial charge is 0.339 e. The Kier molecular flexibility index (Phi) is 5.49. The normalized spacial score (nSPS) is 14.9. The van der Waals surface area contributed by atoms with Gasteiger partial charge >= 0.3 is 0 Å². The molecule has 29 heavy (non-hydrogen) atoms. The number of carbonyl (C=O) groups excluding carboxylic acids is 2. The number of rotatable bonds is 4. The zero-order valence-corrected chi connectivity index (χ0v) is 16.9. The summed E-state index contributed by atoms with van der Waals surface area (Å²) < 4.78 is 1.80. The van der Waals surface area contributed by atoms with Gasteiger partial charge in [0.05, 0.1) is 5.52 Å². The van der Waals surface area contributed by atoms with E-state index in [1.165, 1.54) is 0 Å². The van der Waals surface area contributed by atoms with Gasteiger partial charge in [-0.3, -0.25) is 9.59 Å². The van der Waals surface area contributed by atoms with Gasteiger partial charge in [-0.2, -0.15) is 0 Å². The zero-order chi connectivity index (χ0) is 20.4. The molecule has 0 unspecified atom stereocenters. The predicted octanol–water partition coefficient (Wildman–Crippen LogP) is 3.60. The molecule has 1 saturated heterocycles. The molecular weight excluding hydrogens is 390 g/mol. The van der Waals surface area contributed by atoms with Gasteiger partial charge in [0.25, 0.3) is 5.91 Å². The highest BCUT2D eigenvalue weighted by Crippen LogP contribution is 2.23. The molecule has 0 bridgehead atoms. The molecule has 3 aromatic rings. The molecule has 2 aromatic carbocycles. The number of halogens is 1. The summed E-state index contributed by atoms with van der Waals surface area (Å²) in [6, 6.07) is 12.5. The van der Waals surface area contributed by atoms with E-state index in [-0.39, 0.29) is 17.7 Å². The van der Waals surface area contributed by atoms with Gasteiger partial charge in [0, 0.05) is 41.8 Å². The van der Waals surface area contributed by atoms with Gasteiger partial charge in [-0.15, -0.1) is 5.10 Å². The van der Waals surface area contributed by atoms with Gasteiger partial charge in [0.2, 0.25) is 5.91 Å². The van der Waals surface area contributed by atoms with Crippen molar-refractivity contribution in [3.63, 3.8) is 0 Å². The van der Waals surface area contributed by atoms with Gasteiger partial charge < -0.3 is 10.2 Å². The predicted molar refractivity (Wildman–Crippen MR) is 112 cm³/mol. The number of anilines is 1. The Hall–Kier alpha value is -2.93. The number of carbonyl (C=O) groups is 2. The average molecular weight is 412 g/mol. The topological polar surface area (TPSA) is 80.1 Å². The first-order valence-electron chi connectivity index (χ1n) is 9.74. The minimum Gasteiger partial charge on any atom is -0.339 e. The Morgan fingerprint density at radius 2 is 1.86 bits per heavy atom. The van der Waals surface area contributed by atoms with E-state index in [2.05, 4.69) is 15.6 Å². The first-order valence-corrected chi connectivity index (χ1v) is 10.1. The van der Waals surface area contributed by atoms with Gasteiger partial charge in [-0.1, -0.05) is 16.8 Å². The van der Waals surface area contributed by atoms with E-state index in [4.69, 9.17) is 11.6 Å². The molecule has 1 aromatic heterocycles. The summed E-state index contributed by atoms with van der Waals surface area (Å²) >= 11 is 5.88. The molecule has 7 nitrogen and oxygen atoms in total. The number of aryl methyl sites for hydroxylation is 1. The van der Waals surface area contributed by atoms with Gasteiger partial charge in [-0.05, 0) is 62.2 Å². The lowest BCUT2D eigenvalue weighted by Gasteiger charge is -2.31. The summed E-state index contributed by atoms with van der Waals surface area (Å²) in [4.78, 5) is 27.2. The minimum atomic E-state index is -0.110. The molecule has 0 saturated carbocycles. The number of piperidine rings is 1. The second kappa shape index (κ2) is 8.21. The molecule has 1 aliphatic rings. The van der Waals surface area contributed by atoms with E-state index in [1.807, 2.05) is 19.1 Å². The molecule has 2 heterocycles. The number of fused-ring (bicyclic) bond motifs is 1. The lowest BCUT2D eigenvalue weighted by molar-refractivity contribution is -0.121. The van der Waals surface area contributed by atoms with Crippen molar-refractivity contribution >= 4 is 40.1 Å². The lowest BCUT2D eigenvalue weighted by atomic mass is 9.95. The van der Waals surface area contributed by atoms with Crippen LogP contribution in [0.15, 0.2) is 42.5 Å². The Bertz CT molecular complexity index is 1040. The third-order valence-corrected chi connectivity index (χ3v) is 5.58. The molecule has 4 rings (SSSR count). The maximum Gasteiger partial charge on any atom is 0.253 e. The van der Waals surface area contributed by atoms with Crippen LogP contribution in [0.1, 0.15) is 30.1 Å². The number of benzene rings is 2. The average Bonchev–Trinajstić information content (AvgIpc) is 3.17. The SMILES string of the molecule is CCn1nnc2cc(C(=O)N3CCC(C(=O)Nc4ccc(Cl)cc4)CC3)ccc21. The Labute approximate surface area is 173 Å². The quantitative estimate of drug-likeness (QED) is 0.711. The summed E-state index contributed by atoms with van der Waals surface area (Å²) in [5.41, 5.74) is 2.97. The fourth-order valence-corrected chi connectivity index (χ4v) is 3.77. The standard InChI is InChI=1S/C21H22ClN5O2/c1-2-27-19-8-3-15(13-18(19)24-25-27)21(29)26-11-9-14(10-12-26)20(28)23-17-6-4-16(22)5-7-17/h3-8,13-14H,2,9-12H2,1H3,(H,23,28). The third kappa shape index (κ3) is 4.10. The molecule has 150 valence electrons. The van der Waals surface area contributed by atoms with Gasteiger partial charge in [-0.25, -0.2) is 4.68 Å². The number of amides is 2. The molecule has 1 fully saturated rings. The molecule has 0 atom stereocenters. The van der Waals surface area contributed by atoms with E-state index >= 15 is 0 Å². The fourth-order valence-electron chi connectivity index (χ4n) is 3.64. The first-order chi connectivity index (χ1) is 14.0. The summed E-state index contributed by atoms with van der Waals surface area (Å²) in [5, 5.41) is 11.8. The number of nitrogens with zero attached hydrogens (tertiary/aromatic N) is 4. The van der Waals surface area contributed by atoms with Crippen molar-refractivity contribution in [1.29, 1.82) is 0 Å². The maximum atomic E-state index is 12.9. The molecule has 1 aliphatic heterocycles. The van der Waals surface area contributed by atoms with Crippen molar-refractivity contribution in [2.75, 3.05) is 18.4 Å². The molecular formula is C21H22ClN5O2. The molecule has 0 radical (unpaired) electrons. The van der Waals surface area contributed by atoms with Crippen LogP contribution in [0, 0.1) is 5.92 Å². The highest BCUT2D eigenvalue weighted by atomic mass is 35.5. The summed E-state index contributed by atoms with van der Waals surface area (Å²) in [6.45, 7) is 3.84. The van der Waals surface area contributed by atoms with Gasteiger partial charge in [0.1, 0.15) is 5.52 Å². The minimum absolute atomic E-state index is 0.0166. The van der Waals surface area contributed by atoms with Crippen LogP contribution in [0.25, 0.3) is 11.0 Å². The van der Waals surface area contributed by atoms with Crippen LogP contribution in [0.2, 0.25) is 5.02 Å². The fraction of sp³-hybridized carbons (Fsp3) is 0.333. The van der Waals surface area contributed by atoms with Crippen molar-refractivity contribution in [3.05, 3.63) is 53.1 Å². The number of hydrogen-bond acceptors (Lipinski definition) is 4. The number of nitrogens with one attached hydrogen (secondary N) is 1. The van der Waals surface area contributed by atoms with Crippen LogP contribution in [0.5, 0.6) is 0 Å². The maximum absolute atomic E-state index is 12.9. The molecule has 0 aliphatic carbocycles. The number of likely N-dealkylation sites (tertiary alicyclic amines) is 1. The third-order valence-electron chi connectivity index (χ3n) is 5.33. The van der Waals surface area contributed by atoms with Crippen molar-refractivity contribution in [2.24, 2.45) is 5.92 Å². The number of hydrogen-bond donors (Lipinski definition) is 1. The van der Waals surface area contributed by atoms with Crippen LogP contribution in [0.4, 0.5) is 5.69 Å². The van der Waals surface area contributed by atoms with Crippen LogP contribution in [-0.2, 0) is 11.3 Å². The molecule has 0 spiro atoms. The Balaban J connectivity index is 1.37. The molecule has 1 N–H and O–H groups in total. The van der Waals surface area contributed by atoms with E-state index < -0.39 is 0 Å². The number of aromatic nitrogens is 3. The van der Waals surface area contributed by atoms with Crippen molar-refractivity contribution < 1.29 is 9.59 Å². The van der Waals surface area contributed by atoms with E-state index in [0.29, 0.717) is 36.5 Å². The monoisotopic (exact) mass is 411 g/mol. The molecule has 8 heteroatoms. The van der Waals surface area contributed by atoms with Crippen molar-refractivity contribution in [3.8, 4) is 0 Å². The van der Waals surface area contributed by atoms with E-state index in [1.54, 1.807) is 39.9 Å². The summed E-state index contributed by atoms with van der Waals surface area (Å²) in [6.07, 6.45) is 1.28. The molecule has 2 amide bonds. The van der Waals surface area contributed by atoms with Crippen molar-refractivity contribution in [2.45, 2.75) is 26.3 Å². The van der Waals surface area contributed by atoms with E-state index in [9.17, 15) is 9.59 Å². The zero-order valence-electron chi connectivity index (χ0n) is 16.1. The summed E-state index contributed by atoms with van der Waals surface area (Å²) in [5.74, 6) is -0.159. The Morgan fingerprint density at radius 1 is 1.14 bits per heavy atom. The van der Waals surface area contributed by atoms with Crippen LogP contribution < -0.4 is 5.32 Å². The van der Waals surface area contributed by atoms with Crippen LogP contribution in [0.3, 0.4) is 0 Å². The smallest absolute Gasteiger partial charge is 0.253 e. The highest BCUT2D eigenvalue weighted by Gasteiger charge is 2.28. The lowest BCUT2D eigenvalue weighted by Crippen LogP contribution is -2.41. The van der Waals surface area contributed by atoms with Crippen molar-refractivity contribution in [1.82, 2.24) is 19.9 Å². The van der Waals surface area contributed by atoms with Crippen LogP contribution in [-0.4, -0.2) is 44.8 Å². The first kappa shape index (κ1) is 19.4. The van der Waals surface area contributed by atoms with Gasteiger partial charge in [0.15, 0.2) is 0 Å². The summed E-state index contributed by atoms with van der Waals surface area (Å²) in [7, 11) is 0. The second-order valence-electron chi connectivity index (χ2n) is 7.17. The highest BCUT2D eigenvalue weighted by molar-refractivity contribution is 6.30. The second-order valence-corrected chi connectivity index (χ2v) is 7.61. The Morgan fingerprint density at radius 3 is 2.55 bits per heavy atom. The van der Waals surface area contributed by atoms with Crippen LogP contribution >= 0.6 is 11.6 Å².